The van der Waals surface area contributed by atoms with Gasteiger partial charge in [-0.05, 0) is 50.3 Å². The maximum Gasteiger partial charge on any atom is 0.203 e. The van der Waals surface area contributed by atoms with Gasteiger partial charge in [-0.2, -0.15) is 0 Å². The van der Waals surface area contributed by atoms with Crippen LogP contribution in [0.1, 0.15) is 56.4 Å². The smallest absolute Gasteiger partial charge is 0.203 e. The molecule has 2 fully saturated rings. The molecule has 1 aromatic carbocycles. The molecular weight excluding hydrogens is 316 g/mol. The molecule has 0 radical (unpaired) electrons. The number of likely N-dealkylation sites (tertiary alicyclic amines) is 1. The number of rotatable bonds is 3. The Morgan fingerprint density at radius 1 is 0.917 bits per heavy atom. The van der Waals surface area contributed by atoms with Gasteiger partial charge in [0, 0.05) is 11.6 Å². The van der Waals surface area contributed by atoms with E-state index in [0.717, 1.165) is 16.6 Å². The van der Waals surface area contributed by atoms with Crippen LogP contribution in [0, 0.1) is 0 Å². The van der Waals surface area contributed by atoms with Gasteiger partial charge in [0.2, 0.25) is 5.13 Å². The van der Waals surface area contributed by atoms with E-state index in [2.05, 4.69) is 39.4 Å². The Morgan fingerprint density at radius 2 is 1.62 bits per heavy atom. The quantitative estimate of drug-likeness (QED) is 0.903. The molecule has 24 heavy (non-hydrogen) atoms. The van der Waals surface area contributed by atoms with Crippen LogP contribution in [0.3, 0.4) is 0 Å². The fraction of sp³-hybridized carbons (Fsp3) is 0.579. The Balaban J connectivity index is 1.37. The van der Waals surface area contributed by atoms with Gasteiger partial charge in [0.25, 0.3) is 0 Å². The largest absolute Gasteiger partial charge is 0.374 e. The first-order valence-electron chi connectivity index (χ1n) is 9.23. The van der Waals surface area contributed by atoms with Crippen LogP contribution in [0.2, 0.25) is 0 Å². The molecule has 5 heteroatoms. The molecule has 0 amide bonds. The monoisotopic (exact) mass is 342 g/mol. The van der Waals surface area contributed by atoms with Gasteiger partial charge in [-0.25, -0.2) is 0 Å². The maximum atomic E-state index is 5.68. The lowest BCUT2D eigenvalue weighted by Crippen LogP contribution is -2.41. The summed E-state index contributed by atoms with van der Waals surface area (Å²) >= 11 is 1.45. The molecule has 4 rings (SSSR count). The summed E-state index contributed by atoms with van der Waals surface area (Å²) in [6.07, 6.45) is 9.74. The van der Waals surface area contributed by atoms with Crippen LogP contribution >= 0.6 is 11.3 Å². The van der Waals surface area contributed by atoms with Crippen molar-refractivity contribution in [1.29, 1.82) is 0 Å². The summed E-state index contributed by atoms with van der Waals surface area (Å²) in [6.45, 7) is 2.54. The Bertz CT molecular complexity index is 652. The zero-order valence-corrected chi connectivity index (χ0v) is 15.0. The molecule has 1 saturated carbocycles. The van der Waals surface area contributed by atoms with Crippen molar-refractivity contribution < 1.29 is 0 Å². The highest BCUT2D eigenvalue weighted by atomic mass is 32.1. The molecular formula is C19H26N4S. The summed E-state index contributed by atoms with van der Waals surface area (Å²) in [5.74, 6) is 0.707. The first kappa shape index (κ1) is 16.0. The number of nitrogens with two attached hydrogens (primary N) is 1. The average molecular weight is 343 g/mol. The Morgan fingerprint density at radius 3 is 2.25 bits per heavy atom. The van der Waals surface area contributed by atoms with Crippen LogP contribution < -0.4 is 5.73 Å². The second kappa shape index (κ2) is 7.19. The van der Waals surface area contributed by atoms with Crippen LogP contribution in [0.5, 0.6) is 0 Å². The second-order valence-electron chi connectivity index (χ2n) is 7.17. The maximum absolute atomic E-state index is 5.68. The minimum atomic E-state index is 0.532. The number of nitrogens with zero attached hydrogens (tertiary/aromatic N) is 3. The molecule has 2 N–H and O–H groups in total. The van der Waals surface area contributed by atoms with Gasteiger partial charge >= 0.3 is 0 Å². The van der Waals surface area contributed by atoms with E-state index in [4.69, 9.17) is 5.73 Å². The average Bonchev–Trinajstić information content (AvgIpc) is 3.09. The van der Waals surface area contributed by atoms with E-state index in [1.165, 1.54) is 74.9 Å². The van der Waals surface area contributed by atoms with Crippen molar-refractivity contribution in [1.82, 2.24) is 15.1 Å². The van der Waals surface area contributed by atoms with Crippen molar-refractivity contribution >= 4 is 16.5 Å². The molecule has 1 aromatic heterocycles. The number of hydrogen-bond donors (Lipinski definition) is 1. The highest BCUT2D eigenvalue weighted by Gasteiger charge is 2.26. The molecule has 1 aliphatic carbocycles. The fourth-order valence-corrected chi connectivity index (χ4v) is 4.91. The number of hydrogen-bond acceptors (Lipinski definition) is 5. The molecule has 0 atom stereocenters. The van der Waals surface area contributed by atoms with E-state index < -0.39 is 0 Å². The first-order chi connectivity index (χ1) is 11.8. The van der Waals surface area contributed by atoms with E-state index in [0.29, 0.717) is 11.0 Å². The van der Waals surface area contributed by atoms with Crippen molar-refractivity contribution in [2.24, 2.45) is 0 Å². The predicted octanol–water partition coefficient (Wildman–Crippen LogP) is 4.30. The summed E-state index contributed by atoms with van der Waals surface area (Å²) in [4.78, 5) is 2.76. The first-order valence-corrected chi connectivity index (χ1v) is 10.0. The van der Waals surface area contributed by atoms with E-state index in [9.17, 15) is 0 Å². The van der Waals surface area contributed by atoms with Crippen LogP contribution in [0.15, 0.2) is 24.3 Å². The van der Waals surface area contributed by atoms with Crippen molar-refractivity contribution in [3.8, 4) is 10.6 Å². The van der Waals surface area contributed by atoms with Crippen LogP contribution in [-0.2, 0) is 0 Å². The van der Waals surface area contributed by atoms with E-state index in [-0.39, 0.29) is 0 Å². The van der Waals surface area contributed by atoms with Crippen LogP contribution in [0.25, 0.3) is 10.6 Å². The van der Waals surface area contributed by atoms with Crippen molar-refractivity contribution in [2.75, 3.05) is 18.8 Å². The van der Waals surface area contributed by atoms with Gasteiger partial charge in [0.15, 0.2) is 0 Å². The Kier molecular flexibility index (Phi) is 4.81. The topological polar surface area (TPSA) is 55.0 Å². The molecule has 2 aliphatic rings. The molecule has 0 unspecified atom stereocenters. The second-order valence-corrected chi connectivity index (χ2v) is 8.18. The molecule has 4 nitrogen and oxygen atoms in total. The summed E-state index contributed by atoms with van der Waals surface area (Å²) in [7, 11) is 0. The molecule has 128 valence electrons. The molecule has 1 saturated heterocycles. The van der Waals surface area contributed by atoms with E-state index in [1.54, 1.807) is 0 Å². The summed E-state index contributed by atoms with van der Waals surface area (Å²) in [5.41, 5.74) is 8.27. The minimum absolute atomic E-state index is 0.532. The zero-order valence-electron chi connectivity index (χ0n) is 14.2. The lowest BCUT2D eigenvalue weighted by atomic mass is 9.86. The number of aromatic nitrogens is 2. The van der Waals surface area contributed by atoms with Gasteiger partial charge in [-0.3, -0.25) is 0 Å². The molecule has 1 aliphatic heterocycles. The normalized spacial score (nSPS) is 21.2. The Hall–Kier alpha value is -1.46. The van der Waals surface area contributed by atoms with Crippen molar-refractivity contribution in [3.05, 3.63) is 29.8 Å². The molecule has 0 bridgehead atoms. The number of piperidine rings is 1. The van der Waals surface area contributed by atoms with Crippen molar-refractivity contribution in [3.63, 3.8) is 0 Å². The summed E-state index contributed by atoms with van der Waals surface area (Å²) < 4.78 is 0. The Labute approximate surface area is 148 Å². The predicted molar refractivity (Wildman–Crippen MR) is 100 cm³/mol. The van der Waals surface area contributed by atoms with E-state index >= 15 is 0 Å². The number of anilines is 1. The van der Waals surface area contributed by atoms with Gasteiger partial charge in [0.05, 0.1) is 0 Å². The third kappa shape index (κ3) is 3.47. The van der Waals surface area contributed by atoms with Gasteiger partial charge in [0.1, 0.15) is 5.01 Å². The SMILES string of the molecule is Nc1nnc(-c2ccc(C3CCN(C4CCCCC4)CC3)cc2)s1. The minimum Gasteiger partial charge on any atom is -0.374 e. The van der Waals surface area contributed by atoms with Gasteiger partial charge in [-0.1, -0.05) is 54.9 Å². The molecule has 2 heterocycles. The van der Waals surface area contributed by atoms with Gasteiger partial charge in [-0.15, -0.1) is 10.2 Å². The summed E-state index contributed by atoms with van der Waals surface area (Å²) in [6, 6.07) is 9.75. The van der Waals surface area contributed by atoms with E-state index in [1.807, 2.05) is 0 Å². The molecule has 2 aromatic rings. The standard InChI is InChI=1S/C19H26N4S/c20-19-22-21-18(24-19)16-8-6-14(7-9-16)15-10-12-23(13-11-15)17-4-2-1-3-5-17/h6-9,15,17H,1-5,10-13H2,(H2,20,22). The third-order valence-corrected chi connectivity index (χ3v) is 6.49. The zero-order chi connectivity index (χ0) is 16.4. The summed E-state index contributed by atoms with van der Waals surface area (Å²) in [5, 5.41) is 9.47. The van der Waals surface area contributed by atoms with Crippen LogP contribution in [-0.4, -0.2) is 34.2 Å². The fourth-order valence-electron chi connectivity index (χ4n) is 4.29. The van der Waals surface area contributed by atoms with Crippen LogP contribution in [0.4, 0.5) is 5.13 Å². The molecule has 0 spiro atoms. The third-order valence-electron chi connectivity index (χ3n) is 5.69. The lowest BCUT2D eigenvalue weighted by molar-refractivity contribution is 0.122. The van der Waals surface area contributed by atoms with Gasteiger partial charge < -0.3 is 10.6 Å². The van der Waals surface area contributed by atoms with Crippen molar-refractivity contribution in [2.45, 2.75) is 56.9 Å². The number of nitrogen functional groups attached to an aromatic ring is 1. The number of benzene rings is 1. The highest BCUT2D eigenvalue weighted by Crippen LogP contribution is 2.33. The highest BCUT2D eigenvalue weighted by molar-refractivity contribution is 7.18. The lowest BCUT2D eigenvalue weighted by Gasteiger charge is -2.39.